The molecule has 0 aliphatic carbocycles. The number of hydrogen-bond donors (Lipinski definition) is 1. The second kappa shape index (κ2) is 7.29. The van der Waals surface area contributed by atoms with E-state index in [1.165, 1.54) is 0 Å². The largest absolute Gasteiger partial charge is 0.319 e. The lowest BCUT2D eigenvalue weighted by molar-refractivity contribution is 0.261. The van der Waals surface area contributed by atoms with Crippen molar-refractivity contribution < 1.29 is 4.39 Å². The van der Waals surface area contributed by atoms with Crippen LogP contribution in [0.4, 0.5) is 4.39 Å². The Balaban J connectivity index is 3.89. The first kappa shape index (κ1) is 11.6. The Morgan fingerprint density at radius 2 is 2.17 bits per heavy atom. The maximum atomic E-state index is 13.3. The Labute approximate surface area is 75.0 Å². The number of hydrogen-bond acceptors (Lipinski definition) is 1. The van der Waals surface area contributed by atoms with Gasteiger partial charge in [-0.3, -0.25) is 0 Å². The second-order valence-electron chi connectivity index (χ2n) is 3.08. The molecule has 0 amide bonds. The zero-order valence-electron chi connectivity index (χ0n) is 8.31. The van der Waals surface area contributed by atoms with E-state index in [1.807, 2.05) is 14.0 Å². The molecule has 0 bridgehead atoms. The molecule has 0 heterocycles. The van der Waals surface area contributed by atoms with Crippen molar-refractivity contribution in [3.8, 4) is 0 Å². The molecule has 0 fully saturated rings. The first-order valence-corrected chi connectivity index (χ1v) is 4.67. The fourth-order valence-corrected chi connectivity index (χ4v) is 1.35. The van der Waals surface area contributed by atoms with Gasteiger partial charge < -0.3 is 5.32 Å². The number of rotatable bonds is 6. The lowest BCUT2D eigenvalue weighted by Crippen LogP contribution is -2.25. The van der Waals surface area contributed by atoms with Crippen molar-refractivity contribution in [1.82, 2.24) is 5.32 Å². The van der Waals surface area contributed by atoms with Gasteiger partial charge in [-0.05, 0) is 20.4 Å². The van der Waals surface area contributed by atoms with Crippen LogP contribution in [0.1, 0.15) is 26.7 Å². The fourth-order valence-electron chi connectivity index (χ4n) is 1.35. The van der Waals surface area contributed by atoms with Crippen molar-refractivity contribution in [2.24, 2.45) is 5.92 Å². The molecule has 0 aromatic carbocycles. The number of allylic oxidation sites excluding steroid dienone is 2. The highest BCUT2D eigenvalue weighted by Crippen LogP contribution is 2.14. The van der Waals surface area contributed by atoms with Gasteiger partial charge in [0.15, 0.2) is 0 Å². The molecule has 0 aromatic heterocycles. The third-order valence-corrected chi connectivity index (χ3v) is 1.95. The quantitative estimate of drug-likeness (QED) is 0.609. The SMILES string of the molecule is C/C=C/C(F)C(CCC)CNC. The van der Waals surface area contributed by atoms with E-state index in [4.69, 9.17) is 0 Å². The number of alkyl halides is 1. The van der Waals surface area contributed by atoms with Gasteiger partial charge in [-0.15, -0.1) is 0 Å². The highest BCUT2D eigenvalue weighted by molar-refractivity contribution is 4.90. The average Bonchev–Trinajstić information content (AvgIpc) is 2.04. The smallest absolute Gasteiger partial charge is 0.122 e. The molecule has 2 atom stereocenters. The summed E-state index contributed by atoms with van der Waals surface area (Å²) in [7, 11) is 1.87. The monoisotopic (exact) mass is 173 g/mol. The van der Waals surface area contributed by atoms with Crippen LogP contribution in [-0.2, 0) is 0 Å². The molecule has 12 heavy (non-hydrogen) atoms. The van der Waals surface area contributed by atoms with Gasteiger partial charge >= 0.3 is 0 Å². The van der Waals surface area contributed by atoms with Crippen molar-refractivity contribution >= 4 is 0 Å². The lowest BCUT2D eigenvalue weighted by Gasteiger charge is -2.17. The topological polar surface area (TPSA) is 12.0 Å². The van der Waals surface area contributed by atoms with Crippen molar-refractivity contribution in [3.05, 3.63) is 12.2 Å². The Bertz CT molecular complexity index is 117. The van der Waals surface area contributed by atoms with Gasteiger partial charge in [-0.2, -0.15) is 0 Å². The molecule has 1 N–H and O–H groups in total. The maximum absolute atomic E-state index is 13.3. The highest BCUT2D eigenvalue weighted by Gasteiger charge is 2.15. The molecule has 0 spiro atoms. The lowest BCUT2D eigenvalue weighted by atomic mass is 9.98. The average molecular weight is 173 g/mol. The van der Waals surface area contributed by atoms with Gasteiger partial charge in [0.05, 0.1) is 0 Å². The molecule has 0 saturated heterocycles. The fraction of sp³-hybridized carbons (Fsp3) is 0.800. The molecule has 0 aliphatic heterocycles. The summed E-state index contributed by atoms with van der Waals surface area (Å²) in [6.45, 7) is 4.71. The summed E-state index contributed by atoms with van der Waals surface area (Å²) in [4.78, 5) is 0. The van der Waals surface area contributed by atoms with Crippen LogP contribution < -0.4 is 5.32 Å². The maximum Gasteiger partial charge on any atom is 0.122 e. The van der Waals surface area contributed by atoms with Crippen LogP contribution in [-0.4, -0.2) is 19.8 Å². The normalized spacial score (nSPS) is 16.7. The van der Waals surface area contributed by atoms with Crippen LogP contribution in [0, 0.1) is 5.92 Å². The van der Waals surface area contributed by atoms with E-state index in [0.717, 1.165) is 19.4 Å². The molecule has 0 aromatic rings. The minimum atomic E-state index is -0.789. The van der Waals surface area contributed by atoms with E-state index in [-0.39, 0.29) is 5.92 Å². The summed E-state index contributed by atoms with van der Waals surface area (Å²) in [5.41, 5.74) is 0. The Morgan fingerprint density at radius 1 is 1.50 bits per heavy atom. The molecule has 0 aliphatic rings. The molecule has 72 valence electrons. The Hall–Kier alpha value is -0.370. The summed E-state index contributed by atoms with van der Waals surface area (Å²) in [5.74, 6) is 0.135. The van der Waals surface area contributed by atoms with Crippen LogP contribution in [0.5, 0.6) is 0 Å². The summed E-state index contributed by atoms with van der Waals surface area (Å²) in [6, 6.07) is 0. The third-order valence-electron chi connectivity index (χ3n) is 1.95. The molecule has 2 heteroatoms. The summed E-state index contributed by atoms with van der Waals surface area (Å²) >= 11 is 0. The van der Waals surface area contributed by atoms with Crippen LogP contribution in [0.2, 0.25) is 0 Å². The predicted octanol–water partition coefficient (Wildman–Crippen LogP) is 2.54. The highest BCUT2D eigenvalue weighted by atomic mass is 19.1. The molecule has 1 nitrogen and oxygen atoms in total. The van der Waals surface area contributed by atoms with E-state index in [0.29, 0.717) is 0 Å². The zero-order chi connectivity index (χ0) is 9.40. The van der Waals surface area contributed by atoms with E-state index in [1.54, 1.807) is 12.2 Å². The Kier molecular flexibility index (Phi) is 7.06. The van der Waals surface area contributed by atoms with E-state index >= 15 is 0 Å². The van der Waals surface area contributed by atoms with Crippen molar-refractivity contribution in [3.63, 3.8) is 0 Å². The molecule has 0 saturated carbocycles. The number of nitrogens with one attached hydrogen (secondary N) is 1. The third kappa shape index (κ3) is 4.50. The van der Waals surface area contributed by atoms with Gasteiger partial charge in [-0.25, -0.2) is 4.39 Å². The van der Waals surface area contributed by atoms with Crippen molar-refractivity contribution in [2.75, 3.05) is 13.6 Å². The van der Waals surface area contributed by atoms with Crippen LogP contribution in [0.3, 0.4) is 0 Å². The number of halogens is 1. The minimum Gasteiger partial charge on any atom is -0.319 e. The minimum absolute atomic E-state index is 0.135. The van der Waals surface area contributed by atoms with Gasteiger partial charge in [-0.1, -0.05) is 25.5 Å². The molecule has 0 radical (unpaired) electrons. The van der Waals surface area contributed by atoms with E-state index in [9.17, 15) is 4.39 Å². The van der Waals surface area contributed by atoms with Gasteiger partial charge in [0.2, 0.25) is 0 Å². The predicted molar refractivity (Wildman–Crippen MR) is 52.0 cm³/mol. The van der Waals surface area contributed by atoms with Gasteiger partial charge in [0.25, 0.3) is 0 Å². The van der Waals surface area contributed by atoms with E-state index in [2.05, 4.69) is 12.2 Å². The first-order valence-electron chi connectivity index (χ1n) is 4.67. The Morgan fingerprint density at radius 3 is 2.58 bits per heavy atom. The zero-order valence-corrected chi connectivity index (χ0v) is 8.31. The van der Waals surface area contributed by atoms with Crippen LogP contribution in [0.25, 0.3) is 0 Å². The van der Waals surface area contributed by atoms with Crippen LogP contribution in [0.15, 0.2) is 12.2 Å². The van der Waals surface area contributed by atoms with Gasteiger partial charge in [0, 0.05) is 12.5 Å². The molecular formula is C10H20FN. The molecular weight excluding hydrogens is 153 g/mol. The van der Waals surface area contributed by atoms with Crippen molar-refractivity contribution in [1.29, 1.82) is 0 Å². The molecule has 0 rings (SSSR count). The summed E-state index contributed by atoms with van der Waals surface area (Å²) in [5, 5.41) is 3.02. The van der Waals surface area contributed by atoms with Gasteiger partial charge in [0.1, 0.15) is 6.17 Å². The van der Waals surface area contributed by atoms with Crippen molar-refractivity contribution in [2.45, 2.75) is 32.9 Å². The summed E-state index contributed by atoms with van der Waals surface area (Å²) in [6.07, 6.45) is 4.62. The molecule has 2 unspecified atom stereocenters. The second-order valence-corrected chi connectivity index (χ2v) is 3.08. The summed E-state index contributed by atoms with van der Waals surface area (Å²) < 4.78 is 13.3. The standard InChI is InChI=1S/C10H20FN/c1-4-6-9(8-12-3)10(11)7-5-2/h5,7,9-10,12H,4,6,8H2,1-3H3/b7-5+. The van der Waals surface area contributed by atoms with E-state index < -0.39 is 6.17 Å². The van der Waals surface area contributed by atoms with Crippen LogP contribution >= 0.6 is 0 Å². The first-order chi connectivity index (χ1) is 5.76.